The summed E-state index contributed by atoms with van der Waals surface area (Å²) in [5.41, 5.74) is 7.65. The number of benzene rings is 1. The molecule has 0 spiro atoms. The molecule has 1 aromatic rings. The third-order valence-corrected chi connectivity index (χ3v) is 3.35. The van der Waals surface area contributed by atoms with Gasteiger partial charge in [0.25, 0.3) is 0 Å². The second-order valence-electron chi connectivity index (χ2n) is 4.26. The lowest BCUT2D eigenvalue weighted by Gasteiger charge is -2.17. The molecule has 0 aliphatic heterocycles. The third-order valence-electron chi connectivity index (χ3n) is 2.75. The van der Waals surface area contributed by atoms with Crippen LogP contribution in [0, 0.1) is 11.8 Å². The van der Waals surface area contributed by atoms with Gasteiger partial charge in [-0.25, -0.2) is 0 Å². The Bertz CT molecular complexity index is 451. The standard InChI is InChI=1S/C15H22N2OS/c1-17(9-10-19-3)12-14-11-15(18-2)7-6-13(14)5-4-8-16/h6-7,11H,8-10,12,16H2,1-3H3. The maximum Gasteiger partial charge on any atom is 0.119 e. The number of hydrogen-bond acceptors (Lipinski definition) is 4. The zero-order chi connectivity index (χ0) is 14.1. The van der Waals surface area contributed by atoms with Crippen LogP contribution in [-0.2, 0) is 6.54 Å². The first kappa shape index (κ1) is 15.9. The predicted octanol–water partition coefficient (Wildman–Crippen LogP) is 1.80. The Hall–Kier alpha value is -1.15. The molecule has 2 N–H and O–H groups in total. The quantitative estimate of drug-likeness (QED) is 0.805. The first-order valence-corrected chi connectivity index (χ1v) is 7.64. The molecule has 0 atom stereocenters. The van der Waals surface area contributed by atoms with Crippen molar-refractivity contribution in [3.8, 4) is 17.6 Å². The molecule has 0 amide bonds. The van der Waals surface area contributed by atoms with E-state index in [0.29, 0.717) is 6.54 Å². The lowest BCUT2D eigenvalue weighted by atomic mass is 10.1. The Morgan fingerprint density at radius 3 is 2.84 bits per heavy atom. The van der Waals surface area contributed by atoms with Gasteiger partial charge in [-0.3, -0.25) is 0 Å². The summed E-state index contributed by atoms with van der Waals surface area (Å²) in [7, 11) is 3.80. The smallest absolute Gasteiger partial charge is 0.119 e. The van der Waals surface area contributed by atoms with Crippen LogP contribution in [0.25, 0.3) is 0 Å². The Balaban J connectivity index is 2.87. The lowest BCUT2D eigenvalue weighted by molar-refractivity contribution is 0.347. The van der Waals surface area contributed by atoms with Crippen molar-refractivity contribution in [1.29, 1.82) is 0 Å². The van der Waals surface area contributed by atoms with E-state index in [-0.39, 0.29) is 0 Å². The molecular formula is C15H22N2OS. The summed E-state index contributed by atoms with van der Waals surface area (Å²) in [6, 6.07) is 5.99. The summed E-state index contributed by atoms with van der Waals surface area (Å²) in [5.74, 6) is 8.03. The molecule has 4 heteroatoms. The number of rotatable bonds is 6. The molecule has 104 valence electrons. The summed E-state index contributed by atoms with van der Waals surface area (Å²) in [6.45, 7) is 2.31. The molecule has 0 unspecified atom stereocenters. The summed E-state index contributed by atoms with van der Waals surface area (Å²) in [4.78, 5) is 2.29. The van der Waals surface area contributed by atoms with Gasteiger partial charge in [0.1, 0.15) is 5.75 Å². The van der Waals surface area contributed by atoms with Crippen molar-refractivity contribution >= 4 is 11.8 Å². The molecule has 0 saturated carbocycles. The van der Waals surface area contributed by atoms with E-state index >= 15 is 0 Å². The Morgan fingerprint density at radius 1 is 1.42 bits per heavy atom. The molecule has 0 radical (unpaired) electrons. The molecule has 0 bridgehead atoms. The van der Waals surface area contributed by atoms with Crippen LogP contribution in [-0.4, -0.2) is 44.2 Å². The van der Waals surface area contributed by atoms with Crippen LogP contribution in [0.5, 0.6) is 5.75 Å². The fourth-order valence-corrected chi connectivity index (χ4v) is 2.21. The number of nitrogens with zero attached hydrogens (tertiary/aromatic N) is 1. The lowest BCUT2D eigenvalue weighted by Crippen LogP contribution is -2.21. The number of nitrogens with two attached hydrogens (primary N) is 1. The monoisotopic (exact) mass is 278 g/mol. The zero-order valence-electron chi connectivity index (χ0n) is 11.9. The van der Waals surface area contributed by atoms with E-state index < -0.39 is 0 Å². The van der Waals surface area contributed by atoms with Gasteiger partial charge in [0.15, 0.2) is 0 Å². The molecule has 0 aliphatic rings. The fraction of sp³-hybridized carbons (Fsp3) is 0.467. The summed E-state index contributed by atoms with van der Waals surface area (Å²) < 4.78 is 5.28. The van der Waals surface area contributed by atoms with Crippen LogP contribution in [0.15, 0.2) is 18.2 Å². The minimum absolute atomic E-state index is 0.383. The average molecular weight is 278 g/mol. The maximum atomic E-state index is 5.44. The van der Waals surface area contributed by atoms with Crippen LogP contribution in [0.1, 0.15) is 11.1 Å². The summed E-state index contributed by atoms with van der Waals surface area (Å²) in [5, 5.41) is 0. The van der Waals surface area contributed by atoms with Crippen molar-refractivity contribution in [3.63, 3.8) is 0 Å². The van der Waals surface area contributed by atoms with Crippen molar-refractivity contribution < 1.29 is 4.74 Å². The van der Waals surface area contributed by atoms with Crippen LogP contribution >= 0.6 is 11.8 Å². The van der Waals surface area contributed by atoms with E-state index in [1.165, 1.54) is 5.56 Å². The number of thioether (sulfide) groups is 1. The van der Waals surface area contributed by atoms with Crippen LogP contribution in [0.4, 0.5) is 0 Å². The van der Waals surface area contributed by atoms with E-state index in [0.717, 1.165) is 30.2 Å². The highest BCUT2D eigenvalue weighted by atomic mass is 32.2. The third kappa shape index (κ3) is 5.56. The van der Waals surface area contributed by atoms with Gasteiger partial charge < -0.3 is 15.4 Å². The second-order valence-corrected chi connectivity index (χ2v) is 5.25. The minimum atomic E-state index is 0.383. The molecule has 0 heterocycles. The van der Waals surface area contributed by atoms with Gasteiger partial charge in [0, 0.05) is 24.4 Å². The topological polar surface area (TPSA) is 38.5 Å². The van der Waals surface area contributed by atoms with Gasteiger partial charge in [-0.1, -0.05) is 11.8 Å². The molecule has 0 aliphatic carbocycles. The first-order chi connectivity index (χ1) is 9.21. The van der Waals surface area contributed by atoms with E-state index in [9.17, 15) is 0 Å². The fourth-order valence-electron chi connectivity index (χ4n) is 1.71. The summed E-state index contributed by atoms with van der Waals surface area (Å²) in [6.07, 6.45) is 2.12. The van der Waals surface area contributed by atoms with Crippen molar-refractivity contribution in [2.45, 2.75) is 6.54 Å². The molecule has 1 aromatic carbocycles. The minimum Gasteiger partial charge on any atom is -0.497 e. The number of ether oxygens (including phenoxy) is 1. The average Bonchev–Trinajstić information content (AvgIpc) is 2.43. The molecule has 0 aromatic heterocycles. The zero-order valence-corrected chi connectivity index (χ0v) is 12.7. The maximum absolute atomic E-state index is 5.44. The van der Waals surface area contributed by atoms with Gasteiger partial charge >= 0.3 is 0 Å². The van der Waals surface area contributed by atoms with Gasteiger partial charge in [-0.2, -0.15) is 11.8 Å². The van der Waals surface area contributed by atoms with Crippen molar-refractivity contribution in [3.05, 3.63) is 29.3 Å². The van der Waals surface area contributed by atoms with E-state index in [2.05, 4.69) is 36.1 Å². The normalized spacial score (nSPS) is 10.2. The predicted molar refractivity (Wildman–Crippen MR) is 83.6 cm³/mol. The molecule has 19 heavy (non-hydrogen) atoms. The van der Waals surface area contributed by atoms with Gasteiger partial charge in [0.2, 0.25) is 0 Å². The number of methoxy groups -OCH3 is 1. The largest absolute Gasteiger partial charge is 0.497 e. The Labute approximate surface area is 120 Å². The second kappa shape index (κ2) is 8.87. The highest BCUT2D eigenvalue weighted by Gasteiger charge is 2.06. The molecule has 0 saturated heterocycles. The highest BCUT2D eigenvalue weighted by molar-refractivity contribution is 7.98. The van der Waals surface area contributed by atoms with Crippen LogP contribution in [0.2, 0.25) is 0 Å². The molecule has 1 rings (SSSR count). The highest BCUT2D eigenvalue weighted by Crippen LogP contribution is 2.18. The first-order valence-electron chi connectivity index (χ1n) is 6.24. The van der Waals surface area contributed by atoms with Crippen molar-refractivity contribution in [2.24, 2.45) is 5.73 Å². The van der Waals surface area contributed by atoms with Crippen molar-refractivity contribution in [1.82, 2.24) is 4.90 Å². The van der Waals surface area contributed by atoms with Crippen LogP contribution in [0.3, 0.4) is 0 Å². The van der Waals surface area contributed by atoms with E-state index in [1.807, 2.05) is 23.9 Å². The molecule has 0 fully saturated rings. The summed E-state index contributed by atoms with van der Waals surface area (Å²) >= 11 is 1.86. The Kier molecular flexibility index (Phi) is 7.42. The van der Waals surface area contributed by atoms with Gasteiger partial charge in [0.05, 0.1) is 13.7 Å². The van der Waals surface area contributed by atoms with E-state index in [1.54, 1.807) is 7.11 Å². The van der Waals surface area contributed by atoms with Crippen molar-refractivity contribution in [2.75, 3.05) is 39.3 Å². The van der Waals surface area contributed by atoms with Gasteiger partial charge in [-0.15, -0.1) is 0 Å². The SMILES string of the molecule is COc1ccc(C#CCN)c(CN(C)CCSC)c1. The number of hydrogen-bond donors (Lipinski definition) is 1. The molecular weight excluding hydrogens is 256 g/mol. The van der Waals surface area contributed by atoms with Gasteiger partial charge in [-0.05, 0) is 37.1 Å². The van der Waals surface area contributed by atoms with E-state index in [4.69, 9.17) is 10.5 Å². The Morgan fingerprint density at radius 2 is 2.21 bits per heavy atom. The van der Waals surface area contributed by atoms with Crippen LogP contribution < -0.4 is 10.5 Å². The molecule has 3 nitrogen and oxygen atoms in total.